The Hall–Kier alpha value is -2.40. The van der Waals surface area contributed by atoms with Crippen LogP contribution in [0, 0.1) is 5.82 Å². The van der Waals surface area contributed by atoms with Crippen molar-refractivity contribution < 1.29 is 22.4 Å². The quantitative estimate of drug-likeness (QED) is 0.448. The standard InChI is InChI=1S/C17H12F4N4OS2/c1-2-27-16(26)24-15-23-11-5-8-7-22-25(13(8)14(11)28-15)12-6-9(18)3-4-10(12)17(19,20)21/h3-4,6-7H,2,5H2,1H3,(H,23,24,26). The summed E-state index contributed by atoms with van der Waals surface area (Å²) < 4.78 is 55.1. The van der Waals surface area contributed by atoms with Crippen LogP contribution in [0.1, 0.15) is 23.7 Å². The SMILES string of the molecule is CCSC(=O)Nc1nc2c(s1)-c1c(cnn1-c1cc(F)ccc1C(F)(F)F)C2. The number of hydrogen-bond donors (Lipinski definition) is 1. The van der Waals surface area contributed by atoms with E-state index in [9.17, 15) is 22.4 Å². The first kappa shape index (κ1) is 18.9. The Morgan fingerprint density at radius 3 is 2.89 bits per heavy atom. The zero-order valence-electron chi connectivity index (χ0n) is 14.3. The summed E-state index contributed by atoms with van der Waals surface area (Å²) in [6.45, 7) is 1.84. The normalized spacial score (nSPS) is 12.8. The maximum Gasteiger partial charge on any atom is 0.418 e. The molecule has 0 aliphatic heterocycles. The molecule has 11 heteroatoms. The molecule has 2 heterocycles. The molecule has 5 nitrogen and oxygen atoms in total. The molecule has 146 valence electrons. The van der Waals surface area contributed by atoms with Gasteiger partial charge in [0.1, 0.15) is 5.82 Å². The van der Waals surface area contributed by atoms with Crippen molar-refractivity contribution in [3.63, 3.8) is 0 Å². The second kappa shape index (κ2) is 6.89. The molecule has 0 spiro atoms. The van der Waals surface area contributed by atoms with Crippen molar-refractivity contribution in [2.75, 3.05) is 11.1 Å². The summed E-state index contributed by atoms with van der Waals surface area (Å²) in [6.07, 6.45) is -2.82. The van der Waals surface area contributed by atoms with Gasteiger partial charge in [0.05, 0.1) is 33.7 Å². The minimum absolute atomic E-state index is 0.256. The predicted molar refractivity (Wildman–Crippen MR) is 99.6 cm³/mol. The lowest BCUT2D eigenvalue weighted by molar-refractivity contribution is -0.137. The van der Waals surface area contributed by atoms with E-state index in [4.69, 9.17) is 0 Å². The number of carbonyl (C=O) groups is 1. The third kappa shape index (κ3) is 3.28. The number of halogens is 4. The zero-order chi connectivity index (χ0) is 20.1. The minimum Gasteiger partial charge on any atom is -0.293 e. The van der Waals surface area contributed by atoms with E-state index in [-0.39, 0.29) is 10.9 Å². The van der Waals surface area contributed by atoms with Crippen molar-refractivity contribution >= 4 is 33.5 Å². The lowest BCUT2D eigenvalue weighted by Crippen LogP contribution is -2.12. The average molecular weight is 428 g/mol. The lowest BCUT2D eigenvalue weighted by Gasteiger charge is -2.14. The topological polar surface area (TPSA) is 59.8 Å². The van der Waals surface area contributed by atoms with Crippen molar-refractivity contribution in [3.8, 4) is 16.3 Å². The maximum absolute atomic E-state index is 13.7. The van der Waals surface area contributed by atoms with Gasteiger partial charge < -0.3 is 0 Å². The largest absolute Gasteiger partial charge is 0.418 e. The van der Waals surface area contributed by atoms with Crippen molar-refractivity contribution in [2.24, 2.45) is 0 Å². The highest BCUT2D eigenvalue weighted by molar-refractivity contribution is 8.13. The van der Waals surface area contributed by atoms with Gasteiger partial charge in [0.2, 0.25) is 0 Å². The summed E-state index contributed by atoms with van der Waals surface area (Å²) in [4.78, 5) is 16.7. The van der Waals surface area contributed by atoms with Crippen LogP contribution in [0.5, 0.6) is 0 Å². The Balaban J connectivity index is 1.79. The molecule has 1 amide bonds. The van der Waals surface area contributed by atoms with Gasteiger partial charge in [-0.15, -0.1) is 0 Å². The number of hydrogen-bond acceptors (Lipinski definition) is 5. The van der Waals surface area contributed by atoms with E-state index >= 15 is 0 Å². The Morgan fingerprint density at radius 2 is 2.18 bits per heavy atom. The molecule has 3 aromatic rings. The number of thiazole rings is 1. The molecule has 0 saturated carbocycles. The van der Waals surface area contributed by atoms with Gasteiger partial charge in [0.25, 0.3) is 5.24 Å². The fourth-order valence-corrected chi connectivity index (χ4v) is 4.54. The van der Waals surface area contributed by atoms with Gasteiger partial charge in [-0.1, -0.05) is 30.0 Å². The number of aromatic nitrogens is 3. The molecule has 1 aliphatic rings. The molecule has 0 atom stereocenters. The van der Waals surface area contributed by atoms with Gasteiger partial charge >= 0.3 is 6.18 Å². The molecule has 1 aliphatic carbocycles. The number of fused-ring (bicyclic) bond motifs is 3. The van der Waals surface area contributed by atoms with Crippen LogP contribution >= 0.6 is 23.1 Å². The van der Waals surface area contributed by atoms with E-state index < -0.39 is 17.6 Å². The summed E-state index contributed by atoms with van der Waals surface area (Å²) in [5.74, 6) is -0.188. The molecule has 0 radical (unpaired) electrons. The van der Waals surface area contributed by atoms with Gasteiger partial charge in [-0.2, -0.15) is 18.3 Å². The summed E-state index contributed by atoms with van der Waals surface area (Å²) >= 11 is 2.25. The van der Waals surface area contributed by atoms with E-state index in [1.165, 1.54) is 6.20 Å². The zero-order valence-corrected chi connectivity index (χ0v) is 15.9. The first-order valence-electron chi connectivity index (χ1n) is 8.15. The van der Waals surface area contributed by atoms with Crippen molar-refractivity contribution in [1.29, 1.82) is 0 Å². The van der Waals surface area contributed by atoms with Crippen LogP contribution in [0.3, 0.4) is 0 Å². The third-order valence-electron chi connectivity index (χ3n) is 4.09. The molecule has 0 saturated heterocycles. The van der Waals surface area contributed by atoms with Crippen molar-refractivity contribution in [3.05, 3.63) is 47.0 Å². The first-order chi connectivity index (χ1) is 13.3. The second-order valence-electron chi connectivity index (χ2n) is 5.91. The highest BCUT2D eigenvalue weighted by Crippen LogP contribution is 2.44. The highest BCUT2D eigenvalue weighted by Gasteiger charge is 2.36. The first-order valence-corrected chi connectivity index (χ1v) is 9.96. The van der Waals surface area contributed by atoms with Crippen LogP contribution < -0.4 is 5.32 Å². The number of alkyl halides is 3. The van der Waals surface area contributed by atoms with E-state index in [1.54, 1.807) is 0 Å². The number of benzene rings is 1. The van der Waals surface area contributed by atoms with Crippen LogP contribution in [0.15, 0.2) is 24.4 Å². The molecule has 28 heavy (non-hydrogen) atoms. The van der Waals surface area contributed by atoms with Gasteiger partial charge in [-0.25, -0.2) is 14.1 Å². The number of anilines is 1. The van der Waals surface area contributed by atoms with Gasteiger partial charge in [-0.05, 0) is 17.9 Å². The number of amides is 1. The van der Waals surface area contributed by atoms with Crippen LogP contribution in [-0.4, -0.2) is 25.8 Å². The van der Waals surface area contributed by atoms with Gasteiger partial charge in [0.15, 0.2) is 5.13 Å². The molecule has 1 aromatic carbocycles. The van der Waals surface area contributed by atoms with Crippen molar-refractivity contribution in [1.82, 2.24) is 14.8 Å². The Kier molecular flexibility index (Phi) is 4.66. The number of nitrogens with zero attached hydrogens (tertiary/aromatic N) is 3. The van der Waals surface area contributed by atoms with E-state index in [0.717, 1.165) is 39.9 Å². The summed E-state index contributed by atoms with van der Waals surface area (Å²) in [5.41, 5.74) is 0.417. The summed E-state index contributed by atoms with van der Waals surface area (Å²) in [7, 11) is 0. The van der Waals surface area contributed by atoms with Gasteiger partial charge in [0, 0.05) is 18.1 Å². The van der Waals surface area contributed by atoms with Gasteiger partial charge in [-0.3, -0.25) is 10.1 Å². The molecule has 0 fully saturated rings. The lowest BCUT2D eigenvalue weighted by atomic mass is 10.1. The predicted octanol–water partition coefficient (Wildman–Crippen LogP) is 5.34. The molecule has 2 aromatic heterocycles. The minimum atomic E-state index is -4.66. The van der Waals surface area contributed by atoms with E-state index in [1.807, 2.05) is 6.92 Å². The number of thioether (sulfide) groups is 1. The molecular formula is C17H12F4N4OS2. The smallest absolute Gasteiger partial charge is 0.293 e. The fraction of sp³-hybridized carbons (Fsp3) is 0.235. The Morgan fingerprint density at radius 1 is 1.39 bits per heavy atom. The molecule has 4 rings (SSSR count). The third-order valence-corrected chi connectivity index (χ3v) is 5.77. The van der Waals surface area contributed by atoms with Crippen LogP contribution in [0.25, 0.3) is 16.3 Å². The molecule has 0 unspecified atom stereocenters. The number of rotatable bonds is 3. The van der Waals surface area contributed by atoms with E-state index in [2.05, 4.69) is 15.4 Å². The molecule has 0 bridgehead atoms. The number of nitrogens with one attached hydrogen (secondary N) is 1. The molecular weight excluding hydrogens is 416 g/mol. The van der Waals surface area contributed by atoms with Crippen LogP contribution in [-0.2, 0) is 12.6 Å². The van der Waals surface area contributed by atoms with E-state index in [0.29, 0.717) is 45.2 Å². The van der Waals surface area contributed by atoms with Crippen LogP contribution in [0.2, 0.25) is 0 Å². The average Bonchev–Trinajstić information content (AvgIpc) is 3.24. The Labute approximate surface area is 164 Å². The monoisotopic (exact) mass is 428 g/mol. The Bertz CT molecular complexity index is 1070. The van der Waals surface area contributed by atoms with Crippen molar-refractivity contribution in [2.45, 2.75) is 19.5 Å². The fourth-order valence-electron chi connectivity index (χ4n) is 3.00. The highest BCUT2D eigenvalue weighted by atomic mass is 32.2. The maximum atomic E-state index is 13.7. The molecule has 1 N–H and O–H groups in total. The number of carbonyl (C=O) groups excluding carboxylic acids is 1. The van der Waals surface area contributed by atoms with Crippen LogP contribution in [0.4, 0.5) is 27.5 Å². The summed E-state index contributed by atoms with van der Waals surface area (Å²) in [6, 6.07) is 2.29. The second-order valence-corrected chi connectivity index (χ2v) is 8.14. The summed E-state index contributed by atoms with van der Waals surface area (Å²) in [5, 5.41) is 6.83.